The summed E-state index contributed by atoms with van der Waals surface area (Å²) in [7, 11) is 0. The Morgan fingerprint density at radius 3 is 2.81 bits per heavy atom. The molecule has 4 heteroatoms. The Morgan fingerprint density at radius 1 is 1.44 bits per heavy atom. The molecular formula is C12H21N3O. The topological polar surface area (TPSA) is 57.8 Å². The van der Waals surface area contributed by atoms with Crippen LogP contribution in [0.15, 0.2) is 12.4 Å². The minimum Gasteiger partial charge on any atom is -0.349 e. The summed E-state index contributed by atoms with van der Waals surface area (Å²) in [5, 5.41) is 9.48. The first-order valence-electron chi connectivity index (χ1n) is 6.07. The summed E-state index contributed by atoms with van der Waals surface area (Å²) in [5.41, 5.74) is 0.609. The van der Waals surface area contributed by atoms with Gasteiger partial charge in [0.15, 0.2) is 0 Å². The van der Waals surface area contributed by atoms with Crippen molar-refractivity contribution in [2.75, 3.05) is 0 Å². The van der Waals surface area contributed by atoms with Crippen molar-refractivity contribution in [2.45, 2.75) is 52.0 Å². The second-order valence-corrected chi connectivity index (χ2v) is 4.09. The van der Waals surface area contributed by atoms with E-state index in [1.807, 2.05) is 0 Å². The van der Waals surface area contributed by atoms with Crippen molar-refractivity contribution < 1.29 is 4.79 Å². The number of amides is 1. The molecule has 1 rings (SSSR count). The van der Waals surface area contributed by atoms with Gasteiger partial charge in [-0.15, -0.1) is 0 Å². The summed E-state index contributed by atoms with van der Waals surface area (Å²) in [6.45, 7) is 4.31. The predicted molar refractivity (Wildman–Crippen MR) is 64.3 cm³/mol. The average molecular weight is 223 g/mol. The lowest BCUT2D eigenvalue weighted by Gasteiger charge is -2.17. The lowest BCUT2D eigenvalue weighted by atomic mass is 10.0. The number of nitrogens with one attached hydrogen (secondary N) is 2. The summed E-state index contributed by atoms with van der Waals surface area (Å²) in [6, 6.07) is 0.298. The first-order chi connectivity index (χ1) is 7.77. The van der Waals surface area contributed by atoms with Gasteiger partial charge < -0.3 is 5.32 Å². The van der Waals surface area contributed by atoms with Crippen molar-refractivity contribution >= 4 is 5.91 Å². The van der Waals surface area contributed by atoms with E-state index >= 15 is 0 Å². The van der Waals surface area contributed by atoms with Crippen molar-refractivity contribution in [3.8, 4) is 0 Å². The fourth-order valence-electron chi connectivity index (χ4n) is 1.73. The van der Waals surface area contributed by atoms with E-state index in [0.717, 1.165) is 25.7 Å². The molecule has 2 N–H and O–H groups in total. The van der Waals surface area contributed by atoms with E-state index in [9.17, 15) is 4.79 Å². The molecule has 0 aromatic carbocycles. The van der Waals surface area contributed by atoms with Gasteiger partial charge in [-0.2, -0.15) is 5.10 Å². The Bertz CT molecular complexity index is 295. The molecule has 1 heterocycles. The van der Waals surface area contributed by atoms with Gasteiger partial charge in [-0.3, -0.25) is 9.89 Å². The molecule has 0 aliphatic rings. The maximum atomic E-state index is 11.8. The normalized spacial score (nSPS) is 12.4. The number of carbonyl (C=O) groups is 1. The molecule has 0 aliphatic heterocycles. The fourth-order valence-corrected chi connectivity index (χ4v) is 1.73. The highest BCUT2D eigenvalue weighted by molar-refractivity contribution is 5.93. The van der Waals surface area contributed by atoms with Crippen molar-refractivity contribution in [2.24, 2.45) is 0 Å². The standard InChI is InChI=1S/C12H21N3O/c1-3-5-7-11(6-4-2)15-12(16)10-8-13-14-9-10/h8-9,11H,3-7H2,1-2H3,(H,13,14)(H,15,16). The third kappa shape index (κ3) is 4.04. The van der Waals surface area contributed by atoms with Crippen molar-refractivity contribution in [1.29, 1.82) is 0 Å². The van der Waals surface area contributed by atoms with E-state index in [4.69, 9.17) is 0 Å². The van der Waals surface area contributed by atoms with E-state index in [2.05, 4.69) is 29.4 Å². The maximum absolute atomic E-state index is 11.8. The van der Waals surface area contributed by atoms with Gasteiger partial charge >= 0.3 is 0 Å². The van der Waals surface area contributed by atoms with Gasteiger partial charge in [0.05, 0.1) is 11.8 Å². The molecule has 1 aromatic rings. The van der Waals surface area contributed by atoms with Crippen LogP contribution in [-0.4, -0.2) is 22.1 Å². The van der Waals surface area contributed by atoms with E-state index in [1.165, 1.54) is 6.42 Å². The molecule has 1 aromatic heterocycles. The van der Waals surface area contributed by atoms with Crippen LogP contribution in [0, 0.1) is 0 Å². The smallest absolute Gasteiger partial charge is 0.254 e. The number of carbonyl (C=O) groups excluding carboxylic acids is 1. The Labute approximate surface area is 96.8 Å². The first-order valence-corrected chi connectivity index (χ1v) is 6.07. The number of hydrogen-bond acceptors (Lipinski definition) is 2. The minimum absolute atomic E-state index is 0.0247. The number of aromatic nitrogens is 2. The number of aromatic amines is 1. The van der Waals surface area contributed by atoms with E-state index in [-0.39, 0.29) is 5.91 Å². The van der Waals surface area contributed by atoms with Crippen LogP contribution in [0.5, 0.6) is 0 Å². The van der Waals surface area contributed by atoms with Crippen LogP contribution < -0.4 is 5.32 Å². The van der Waals surface area contributed by atoms with E-state index in [1.54, 1.807) is 12.4 Å². The van der Waals surface area contributed by atoms with E-state index < -0.39 is 0 Å². The van der Waals surface area contributed by atoms with Crippen LogP contribution in [0.25, 0.3) is 0 Å². The Balaban J connectivity index is 2.44. The molecule has 0 radical (unpaired) electrons. The molecule has 0 spiro atoms. The first kappa shape index (κ1) is 12.7. The van der Waals surface area contributed by atoms with Gasteiger partial charge in [-0.25, -0.2) is 0 Å². The maximum Gasteiger partial charge on any atom is 0.254 e. The largest absolute Gasteiger partial charge is 0.349 e. The minimum atomic E-state index is -0.0247. The second-order valence-electron chi connectivity index (χ2n) is 4.09. The zero-order valence-corrected chi connectivity index (χ0v) is 10.1. The van der Waals surface area contributed by atoms with Gasteiger partial charge in [-0.1, -0.05) is 33.1 Å². The molecule has 0 saturated heterocycles. The van der Waals surface area contributed by atoms with Crippen LogP contribution in [0.3, 0.4) is 0 Å². The van der Waals surface area contributed by atoms with E-state index in [0.29, 0.717) is 11.6 Å². The van der Waals surface area contributed by atoms with Gasteiger partial charge in [0, 0.05) is 12.2 Å². The summed E-state index contributed by atoms with van der Waals surface area (Å²) in [5.74, 6) is -0.0247. The van der Waals surface area contributed by atoms with Gasteiger partial charge in [-0.05, 0) is 12.8 Å². The Hall–Kier alpha value is -1.32. The molecule has 1 unspecified atom stereocenters. The second kappa shape index (κ2) is 7.04. The van der Waals surface area contributed by atoms with Crippen molar-refractivity contribution in [3.05, 3.63) is 18.0 Å². The third-order valence-electron chi connectivity index (χ3n) is 2.64. The number of rotatable bonds is 7. The van der Waals surface area contributed by atoms with Gasteiger partial charge in [0.1, 0.15) is 0 Å². The van der Waals surface area contributed by atoms with Crippen LogP contribution in [0.1, 0.15) is 56.3 Å². The zero-order valence-electron chi connectivity index (χ0n) is 10.1. The van der Waals surface area contributed by atoms with Gasteiger partial charge in [0.25, 0.3) is 5.91 Å². The van der Waals surface area contributed by atoms with Gasteiger partial charge in [0.2, 0.25) is 0 Å². The third-order valence-corrected chi connectivity index (χ3v) is 2.64. The number of nitrogens with zero attached hydrogens (tertiary/aromatic N) is 1. The number of unbranched alkanes of at least 4 members (excludes halogenated alkanes) is 1. The van der Waals surface area contributed by atoms with Crippen molar-refractivity contribution in [1.82, 2.24) is 15.5 Å². The number of H-pyrrole nitrogens is 1. The van der Waals surface area contributed by atoms with Crippen molar-refractivity contribution in [3.63, 3.8) is 0 Å². The molecule has 1 amide bonds. The molecule has 0 saturated carbocycles. The molecule has 90 valence electrons. The molecule has 0 bridgehead atoms. The van der Waals surface area contributed by atoms with Crippen LogP contribution in [0.4, 0.5) is 0 Å². The Kier molecular flexibility index (Phi) is 5.61. The molecule has 0 aliphatic carbocycles. The summed E-state index contributed by atoms with van der Waals surface area (Å²) in [6.07, 6.45) is 8.71. The SMILES string of the molecule is CCCCC(CCC)NC(=O)c1cn[nH]c1. The molecule has 16 heavy (non-hydrogen) atoms. The summed E-state index contributed by atoms with van der Waals surface area (Å²) >= 11 is 0. The molecule has 0 fully saturated rings. The van der Waals surface area contributed by atoms with Crippen LogP contribution >= 0.6 is 0 Å². The highest BCUT2D eigenvalue weighted by Gasteiger charge is 2.12. The Morgan fingerprint density at radius 2 is 2.25 bits per heavy atom. The highest BCUT2D eigenvalue weighted by Crippen LogP contribution is 2.08. The summed E-state index contributed by atoms with van der Waals surface area (Å²) < 4.78 is 0. The average Bonchev–Trinajstić information content (AvgIpc) is 2.79. The quantitative estimate of drug-likeness (QED) is 0.746. The zero-order chi connectivity index (χ0) is 11.8. The monoisotopic (exact) mass is 223 g/mol. The fraction of sp³-hybridized carbons (Fsp3) is 0.667. The van der Waals surface area contributed by atoms with Crippen LogP contribution in [0.2, 0.25) is 0 Å². The lowest BCUT2D eigenvalue weighted by molar-refractivity contribution is 0.0932. The summed E-state index contributed by atoms with van der Waals surface area (Å²) in [4.78, 5) is 11.8. The van der Waals surface area contributed by atoms with Crippen LogP contribution in [-0.2, 0) is 0 Å². The predicted octanol–water partition coefficient (Wildman–Crippen LogP) is 2.50. The molecular weight excluding hydrogens is 202 g/mol. The lowest BCUT2D eigenvalue weighted by Crippen LogP contribution is -2.34. The highest BCUT2D eigenvalue weighted by atomic mass is 16.1. The molecule has 4 nitrogen and oxygen atoms in total. The number of hydrogen-bond donors (Lipinski definition) is 2. The molecule has 1 atom stereocenters.